The van der Waals surface area contributed by atoms with Gasteiger partial charge < -0.3 is 19.9 Å². The minimum Gasteiger partial charge on any atom is -0.378 e. The molecule has 0 radical (unpaired) electrons. The Balaban J connectivity index is 1.11. The molecule has 3 amide bonds. The Labute approximate surface area is 273 Å². The monoisotopic (exact) mass is 632 g/mol. The van der Waals surface area contributed by atoms with Crippen molar-refractivity contribution in [1.82, 2.24) is 29.8 Å². The maximum Gasteiger partial charge on any atom is 0.254 e. The lowest BCUT2D eigenvalue weighted by Gasteiger charge is -2.52. The van der Waals surface area contributed by atoms with Crippen LogP contribution in [0.4, 0.5) is 0 Å². The third-order valence-electron chi connectivity index (χ3n) is 11.0. The number of nitrogens with zero attached hydrogens (tertiary/aromatic N) is 5. The number of unbranched alkanes of at least 4 members (excludes halogenated alkanes) is 1. The van der Waals surface area contributed by atoms with Crippen molar-refractivity contribution in [2.24, 2.45) is 5.92 Å². The summed E-state index contributed by atoms with van der Waals surface area (Å²) in [6.45, 7) is 11.6. The lowest BCUT2D eigenvalue weighted by atomic mass is 9.79. The Hall–Kier alpha value is -3.24. The molecule has 3 aliphatic heterocycles. The van der Waals surface area contributed by atoms with Gasteiger partial charge in [0.15, 0.2) is 0 Å². The second-order valence-electron chi connectivity index (χ2n) is 13.9. The molecule has 1 atom stereocenters. The van der Waals surface area contributed by atoms with Gasteiger partial charge >= 0.3 is 0 Å². The Bertz CT molecular complexity index is 1380. The topological polar surface area (TPSA) is 100 Å². The van der Waals surface area contributed by atoms with Gasteiger partial charge in [-0.2, -0.15) is 5.10 Å². The average Bonchev–Trinajstić information content (AvgIpc) is 3.37. The van der Waals surface area contributed by atoms with Crippen LogP contribution < -0.4 is 5.32 Å². The maximum atomic E-state index is 13.9. The Morgan fingerprint density at radius 2 is 1.70 bits per heavy atom. The average molecular weight is 633 g/mol. The summed E-state index contributed by atoms with van der Waals surface area (Å²) in [6, 6.07) is 7.32. The molecule has 4 aliphatic rings. The van der Waals surface area contributed by atoms with E-state index in [0.29, 0.717) is 57.2 Å². The molecule has 46 heavy (non-hydrogen) atoms. The second kappa shape index (κ2) is 14.3. The van der Waals surface area contributed by atoms with E-state index in [-0.39, 0.29) is 23.8 Å². The van der Waals surface area contributed by atoms with E-state index < -0.39 is 5.54 Å². The number of likely N-dealkylation sites (tertiary alicyclic amines) is 1. The summed E-state index contributed by atoms with van der Waals surface area (Å²) in [4.78, 5) is 46.9. The SMILES string of the molecule is CCCCN1C(=O)C(CC2CCCCC2)NC(=O)C12CCN(Cc1c(C)nn(-c3ccc(C(=O)N4CCOCC4)cc3)c1C)CC2. The van der Waals surface area contributed by atoms with Crippen molar-refractivity contribution in [1.29, 1.82) is 0 Å². The number of benzene rings is 1. The summed E-state index contributed by atoms with van der Waals surface area (Å²) in [5.41, 5.74) is 4.09. The van der Waals surface area contributed by atoms with Gasteiger partial charge in [-0.15, -0.1) is 0 Å². The highest BCUT2D eigenvalue weighted by Gasteiger charge is 2.53. The van der Waals surface area contributed by atoms with Crippen LogP contribution in [0.2, 0.25) is 0 Å². The van der Waals surface area contributed by atoms with Crippen LogP contribution in [0.15, 0.2) is 24.3 Å². The van der Waals surface area contributed by atoms with Gasteiger partial charge in [0.1, 0.15) is 11.6 Å². The molecule has 3 saturated heterocycles. The van der Waals surface area contributed by atoms with Crippen LogP contribution in [0.1, 0.15) is 98.4 Å². The molecule has 0 bridgehead atoms. The summed E-state index contributed by atoms with van der Waals surface area (Å²) in [5, 5.41) is 8.10. The van der Waals surface area contributed by atoms with Crippen LogP contribution in [-0.4, -0.2) is 99.7 Å². The maximum absolute atomic E-state index is 13.9. The fourth-order valence-corrected chi connectivity index (χ4v) is 8.08. The van der Waals surface area contributed by atoms with Crippen molar-refractivity contribution in [3.05, 3.63) is 46.8 Å². The second-order valence-corrected chi connectivity index (χ2v) is 13.9. The molecule has 1 aromatic heterocycles. The molecule has 10 nitrogen and oxygen atoms in total. The van der Waals surface area contributed by atoms with Crippen LogP contribution in [0.3, 0.4) is 0 Å². The Morgan fingerprint density at radius 1 is 1.00 bits per heavy atom. The van der Waals surface area contributed by atoms with Crippen LogP contribution in [0.25, 0.3) is 5.69 Å². The van der Waals surface area contributed by atoms with Crippen molar-refractivity contribution in [2.75, 3.05) is 45.9 Å². The largest absolute Gasteiger partial charge is 0.378 e. The molecule has 1 spiro atoms. The summed E-state index contributed by atoms with van der Waals surface area (Å²) in [6.07, 6.45) is 10.1. The molecule has 1 saturated carbocycles. The minimum absolute atomic E-state index is 0.0353. The molecule has 250 valence electrons. The molecule has 4 heterocycles. The van der Waals surface area contributed by atoms with Crippen LogP contribution in [0.5, 0.6) is 0 Å². The normalized spacial score (nSPS) is 22.8. The van der Waals surface area contributed by atoms with Gasteiger partial charge in [0.2, 0.25) is 11.8 Å². The molecular formula is C36H52N6O4. The number of hydrogen-bond donors (Lipinski definition) is 1. The van der Waals surface area contributed by atoms with Crippen molar-refractivity contribution < 1.29 is 19.1 Å². The third kappa shape index (κ3) is 6.61. The van der Waals surface area contributed by atoms with Crippen molar-refractivity contribution in [3.63, 3.8) is 0 Å². The summed E-state index contributed by atoms with van der Waals surface area (Å²) in [5.74, 6) is 0.764. The Kier molecular flexibility index (Phi) is 10.1. The number of piperazine rings is 1. The van der Waals surface area contributed by atoms with Gasteiger partial charge in [0, 0.05) is 56.1 Å². The first-order chi connectivity index (χ1) is 22.3. The number of nitrogens with one attached hydrogen (secondary N) is 1. The number of carbonyl (C=O) groups excluding carboxylic acids is 3. The minimum atomic E-state index is -0.750. The van der Waals surface area contributed by atoms with Gasteiger partial charge in [0.05, 0.1) is 24.6 Å². The highest BCUT2D eigenvalue weighted by atomic mass is 16.5. The molecule has 4 fully saturated rings. The number of piperidine rings is 1. The highest BCUT2D eigenvalue weighted by molar-refractivity contribution is 6.00. The zero-order chi connectivity index (χ0) is 32.3. The highest BCUT2D eigenvalue weighted by Crippen LogP contribution is 2.36. The van der Waals surface area contributed by atoms with E-state index in [9.17, 15) is 14.4 Å². The summed E-state index contributed by atoms with van der Waals surface area (Å²) < 4.78 is 7.35. The number of morpholine rings is 1. The third-order valence-corrected chi connectivity index (χ3v) is 11.0. The first-order valence-corrected chi connectivity index (χ1v) is 17.7. The zero-order valence-electron chi connectivity index (χ0n) is 28.1. The summed E-state index contributed by atoms with van der Waals surface area (Å²) >= 11 is 0. The molecule has 6 rings (SSSR count). The number of aromatic nitrogens is 2. The van der Waals surface area contributed by atoms with E-state index in [2.05, 4.69) is 24.1 Å². The predicted molar refractivity (Wildman–Crippen MR) is 177 cm³/mol. The number of aryl methyl sites for hydroxylation is 1. The van der Waals surface area contributed by atoms with E-state index in [4.69, 9.17) is 9.84 Å². The molecular weight excluding hydrogens is 580 g/mol. The number of ether oxygens (including phenoxy) is 1. The number of carbonyl (C=O) groups is 3. The lowest BCUT2D eigenvalue weighted by Crippen LogP contribution is -2.73. The lowest BCUT2D eigenvalue weighted by molar-refractivity contribution is -0.162. The van der Waals surface area contributed by atoms with Crippen LogP contribution in [0, 0.1) is 19.8 Å². The Morgan fingerprint density at radius 3 is 2.37 bits per heavy atom. The summed E-state index contributed by atoms with van der Waals surface area (Å²) in [7, 11) is 0. The number of hydrogen-bond acceptors (Lipinski definition) is 6. The molecule has 1 aliphatic carbocycles. The zero-order valence-corrected chi connectivity index (χ0v) is 28.1. The fraction of sp³-hybridized carbons (Fsp3) is 0.667. The van der Waals surface area contributed by atoms with E-state index >= 15 is 0 Å². The van der Waals surface area contributed by atoms with E-state index in [1.165, 1.54) is 37.7 Å². The number of amides is 3. The predicted octanol–water partition coefficient (Wildman–Crippen LogP) is 4.39. The fourth-order valence-electron chi connectivity index (χ4n) is 8.08. The first kappa shape index (κ1) is 32.7. The van der Waals surface area contributed by atoms with E-state index in [0.717, 1.165) is 56.0 Å². The van der Waals surface area contributed by atoms with Crippen LogP contribution in [-0.2, 0) is 20.9 Å². The van der Waals surface area contributed by atoms with Gasteiger partial charge in [-0.1, -0.05) is 45.4 Å². The smallest absolute Gasteiger partial charge is 0.254 e. The molecule has 2 aromatic rings. The molecule has 1 aromatic carbocycles. The standard InChI is InChI=1S/C36H52N6O4/c1-4-5-17-41-34(44)32(24-28-9-7-6-8-10-28)37-35(45)36(41)15-18-39(19-16-36)25-31-26(2)38-42(27(31)3)30-13-11-29(12-14-30)33(43)40-20-22-46-23-21-40/h11-14,28,32H,4-10,15-25H2,1-3H3,(H,37,45). The van der Waals surface area contributed by atoms with E-state index in [1.54, 1.807) is 0 Å². The van der Waals surface area contributed by atoms with Gasteiger partial charge in [-0.3, -0.25) is 19.3 Å². The van der Waals surface area contributed by atoms with Gasteiger partial charge in [0.25, 0.3) is 5.91 Å². The molecule has 1 N–H and O–H groups in total. The quantitative estimate of drug-likeness (QED) is 0.440. The van der Waals surface area contributed by atoms with Crippen molar-refractivity contribution >= 4 is 17.7 Å². The number of rotatable bonds is 9. The molecule has 10 heteroatoms. The van der Waals surface area contributed by atoms with Gasteiger partial charge in [-0.05, 0) is 69.7 Å². The van der Waals surface area contributed by atoms with Crippen molar-refractivity contribution in [2.45, 2.75) is 103 Å². The van der Waals surface area contributed by atoms with E-state index in [1.807, 2.05) is 45.7 Å². The van der Waals surface area contributed by atoms with Crippen molar-refractivity contribution in [3.8, 4) is 5.69 Å². The molecule has 1 unspecified atom stereocenters. The van der Waals surface area contributed by atoms with Crippen LogP contribution >= 0.6 is 0 Å². The first-order valence-electron chi connectivity index (χ1n) is 17.7. The van der Waals surface area contributed by atoms with Gasteiger partial charge in [-0.25, -0.2) is 4.68 Å².